The number of rotatable bonds is 4. The van der Waals surface area contributed by atoms with Crippen LogP contribution in [0.15, 0.2) is 29.4 Å². The smallest absolute Gasteiger partial charge is 0.230 e. The molecule has 98 valence electrons. The van der Waals surface area contributed by atoms with E-state index in [4.69, 9.17) is 0 Å². The molecular formula is C13H19N3OS. The van der Waals surface area contributed by atoms with Crippen molar-refractivity contribution in [3.05, 3.63) is 24.5 Å². The van der Waals surface area contributed by atoms with Gasteiger partial charge < -0.3 is 10.6 Å². The molecule has 1 aliphatic rings. The molecular weight excluding hydrogens is 246 g/mol. The van der Waals surface area contributed by atoms with Crippen LogP contribution in [0.2, 0.25) is 0 Å². The molecule has 2 atom stereocenters. The largest absolute Gasteiger partial charge is 0.353 e. The number of amides is 1. The van der Waals surface area contributed by atoms with Gasteiger partial charge in [-0.3, -0.25) is 9.78 Å². The normalized spacial score (nSPS) is 23.6. The lowest BCUT2D eigenvalue weighted by atomic mass is 10.0. The number of hydrogen-bond donors (Lipinski definition) is 2. The number of nitrogens with zero attached hydrogens (tertiary/aromatic N) is 1. The van der Waals surface area contributed by atoms with Gasteiger partial charge >= 0.3 is 0 Å². The fraction of sp³-hybridized carbons (Fsp3) is 0.538. The molecule has 0 saturated carbocycles. The van der Waals surface area contributed by atoms with Crippen molar-refractivity contribution in [3.8, 4) is 0 Å². The fourth-order valence-corrected chi connectivity index (χ4v) is 2.81. The van der Waals surface area contributed by atoms with Crippen molar-refractivity contribution >= 4 is 17.7 Å². The average Bonchev–Trinajstić information content (AvgIpc) is 2.38. The Kier molecular flexibility index (Phi) is 5.01. The Bertz CT molecular complexity index is 385. The van der Waals surface area contributed by atoms with Crippen LogP contribution in [0.1, 0.15) is 19.8 Å². The van der Waals surface area contributed by atoms with Gasteiger partial charge in [0.15, 0.2) is 0 Å². The van der Waals surface area contributed by atoms with Crippen LogP contribution in [0.4, 0.5) is 0 Å². The summed E-state index contributed by atoms with van der Waals surface area (Å²) in [6.45, 7) is 3.15. The van der Waals surface area contributed by atoms with E-state index in [1.807, 2.05) is 12.1 Å². The zero-order valence-corrected chi connectivity index (χ0v) is 11.4. The van der Waals surface area contributed by atoms with Crippen LogP contribution in [-0.2, 0) is 4.79 Å². The lowest BCUT2D eigenvalue weighted by molar-refractivity contribution is -0.119. The monoisotopic (exact) mass is 265 g/mol. The van der Waals surface area contributed by atoms with Crippen molar-refractivity contribution in [1.82, 2.24) is 15.6 Å². The van der Waals surface area contributed by atoms with Gasteiger partial charge in [0.1, 0.15) is 0 Å². The maximum atomic E-state index is 11.8. The summed E-state index contributed by atoms with van der Waals surface area (Å²) in [4.78, 5) is 16.9. The predicted molar refractivity (Wildman–Crippen MR) is 73.6 cm³/mol. The molecule has 0 radical (unpaired) electrons. The van der Waals surface area contributed by atoms with Crippen molar-refractivity contribution in [2.45, 2.75) is 36.7 Å². The Morgan fingerprint density at radius 1 is 1.56 bits per heavy atom. The van der Waals surface area contributed by atoms with Crippen molar-refractivity contribution in [2.75, 3.05) is 12.3 Å². The first-order valence-electron chi connectivity index (χ1n) is 6.29. The molecule has 1 aromatic heterocycles. The highest BCUT2D eigenvalue weighted by atomic mass is 32.2. The van der Waals surface area contributed by atoms with Gasteiger partial charge in [-0.25, -0.2) is 0 Å². The lowest BCUT2D eigenvalue weighted by Crippen LogP contribution is -2.47. The minimum atomic E-state index is 0.121. The average molecular weight is 265 g/mol. The number of piperidine rings is 1. The molecule has 2 heterocycles. The predicted octanol–water partition coefficient (Wildman–Crippen LogP) is 1.43. The molecule has 0 bridgehead atoms. The molecule has 1 amide bonds. The number of hydrogen-bond acceptors (Lipinski definition) is 4. The van der Waals surface area contributed by atoms with Crippen molar-refractivity contribution < 1.29 is 4.79 Å². The highest BCUT2D eigenvalue weighted by Crippen LogP contribution is 2.16. The van der Waals surface area contributed by atoms with Gasteiger partial charge in [0.05, 0.1) is 5.75 Å². The molecule has 1 aromatic rings. The molecule has 1 fully saturated rings. The molecule has 0 aromatic carbocycles. The summed E-state index contributed by atoms with van der Waals surface area (Å²) in [5.74, 6) is 0.596. The van der Waals surface area contributed by atoms with Crippen LogP contribution in [0.25, 0.3) is 0 Å². The number of aromatic nitrogens is 1. The highest BCUT2D eigenvalue weighted by molar-refractivity contribution is 8.00. The third-order valence-corrected chi connectivity index (χ3v) is 4.02. The van der Waals surface area contributed by atoms with E-state index in [1.54, 1.807) is 24.2 Å². The van der Waals surface area contributed by atoms with E-state index in [1.165, 1.54) is 0 Å². The Morgan fingerprint density at radius 2 is 2.33 bits per heavy atom. The molecule has 2 unspecified atom stereocenters. The van der Waals surface area contributed by atoms with E-state index in [-0.39, 0.29) is 5.91 Å². The third kappa shape index (κ3) is 4.31. The number of nitrogens with one attached hydrogen (secondary N) is 2. The zero-order chi connectivity index (χ0) is 12.8. The molecule has 0 spiro atoms. The second-order valence-corrected chi connectivity index (χ2v) is 5.66. The topological polar surface area (TPSA) is 54.0 Å². The van der Waals surface area contributed by atoms with Gasteiger partial charge in [-0.15, -0.1) is 11.8 Å². The maximum absolute atomic E-state index is 11.8. The van der Waals surface area contributed by atoms with Crippen LogP contribution >= 0.6 is 11.8 Å². The minimum Gasteiger partial charge on any atom is -0.353 e. The van der Waals surface area contributed by atoms with Gasteiger partial charge in [-0.1, -0.05) is 0 Å². The summed E-state index contributed by atoms with van der Waals surface area (Å²) in [6.07, 6.45) is 5.53. The van der Waals surface area contributed by atoms with Crippen molar-refractivity contribution in [2.24, 2.45) is 0 Å². The number of thioether (sulfide) groups is 1. The Balaban J connectivity index is 1.72. The van der Waals surface area contributed by atoms with Crippen LogP contribution in [0.5, 0.6) is 0 Å². The van der Waals surface area contributed by atoms with Crippen LogP contribution in [0.3, 0.4) is 0 Å². The van der Waals surface area contributed by atoms with Crippen LogP contribution in [-0.4, -0.2) is 35.3 Å². The fourth-order valence-electron chi connectivity index (χ4n) is 2.12. The summed E-state index contributed by atoms with van der Waals surface area (Å²) < 4.78 is 0. The Hall–Kier alpha value is -1.07. The summed E-state index contributed by atoms with van der Waals surface area (Å²) in [7, 11) is 0. The quantitative estimate of drug-likeness (QED) is 0.809. The summed E-state index contributed by atoms with van der Waals surface area (Å²) >= 11 is 1.55. The van der Waals surface area contributed by atoms with E-state index < -0.39 is 0 Å². The van der Waals surface area contributed by atoms with Crippen LogP contribution < -0.4 is 10.6 Å². The highest BCUT2D eigenvalue weighted by Gasteiger charge is 2.19. The molecule has 0 aliphatic carbocycles. The number of carbonyl (C=O) groups excluding carboxylic acids is 1. The third-order valence-electron chi connectivity index (χ3n) is 3.01. The molecule has 5 heteroatoms. The van der Waals surface area contributed by atoms with Gasteiger partial charge in [0.2, 0.25) is 5.91 Å². The van der Waals surface area contributed by atoms with Gasteiger partial charge in [-0.2, -0.15) is 0 Å². The molecule has 4 nitrogen and oxygen atoms in total. The number of pyridine rings is 1. The van der Waals surface area contributed by atoms with E-state index in [0.717, 1.165) is 24.3 Å². The van der Waals surface area contributed by atoms with E-state index in [9.17, 15) is 4.79 Å². The summed E-state index contributed by atoms with van der Waals surface area (Å²) in [6, 6.07) is 4.67. The van der Waals surface area contributed by atoms with Gasteiger partial charge in [-0.05, 0) is 38.4 Å². The molecule has 2 N–H and O–H groups in total. The Labute approximate surface area is 112 Å². The first-order chi connectivity index (χ1) is 8.74. The first-order valence-corrected chi connectivity index (χ1v) is 7.28. The molecule has 1 aliphatic heterocycles. The minimum absolute atomic E-state index is 0.121. The maximum Gasteiger partial charge on any atom is 0.230 e. The Morgan fingerprint density at radius 3 is 3.06 bits per heavy atom. The number of carbonyl (C=O) groups is 1. The van der Waals surface area contributed by atoms with E-state index >= 15 is 0 Å². The summed E-state index contributed by atoms with van der Waals surface area (Å²) in [5, 5.41) is 6.48. The second-order valence-electron chi connectivity index (χ2n) is 4.62. The SMILES string of the molecule is CC1CC(NC(=O)CSc2ccncc2)CCN1. The van der Waals surface area contributed by atoms with Crippen molar-refractivity contribution in [1.29, 1.82) is 0 Å². The van der Waals surface area contributed by atoms with Crippen molar-refractivity contribution in [3.63, 3.8) is 0 Å². The summed E-state index contributed by atoms with van der Waals surface area (Å²) in [5.41, 5.74) is 0. The van der Waals surface area contributed by atoms with Gasteiger partial charge in [0, 0.05) is 29.4 Å². The van der Waals surface area contributed by atoms with Crippen LogP contribution in [0, 0.1) is 0 Å². The molecule has 1 saturated heterocycles. The molecule has 18 heavy (non-hydrogen) atoms. The zero-order valence-electron chi connectivity index (χ0n) is 10.6. The lowest BCUT2D eigenvalue weighted by Gasteiger charge is -2.28. The first kappa shape index (κ1) is 13.4. The molecule has 2 rings (SSSR count). The standard InChI is InChI=1S/C13H19N3OS/c1-10-8-11(2-7-15-10)16-13(17)9-18-12-3-5-14-6-4-12/h3-6,10-11,15H,2,7-9H2,1H3,(H,16,17). The van der Waals surface area contributed by atoms with E-state index in [2.05, 4.69) is 22.5 Å². The second kappa shape index (κ2) is 6.75. The van der Waals surface area contributed by atoms with Gasteiger partial charge in [0.25, 0.3) is 0 Å². The van der Waals surface area contributed by atoms with E-state index in [0.29, 0.717) is 17.8 Å².